The van der Waals surface area contributed by atoms with Crippen molar-refractivity contribution in [2.24, 2.45) is 5.92 Å². The number of anilines is 2. The maximum absolute atomic E-state index is 13.9. The minimum absolute atomic E-state index is 0.289. The second kappa shape index (κ2) is 8.02. The first-order valence-electron chi connectivity index (χ1n) is 10.6. The van der Waals surface area contributed by atoms with Crippen LogP contribution in [0.4, 0.5) is 20.7 Å². The normalized spacial score (nSPS) is 23.2. The van der Waals surface area contributed by atoms with Crippen LogP contribution < -0.4 is 10.2 Å². The Morgan fingerprint density at radius 3 is 2.77 bits per heavy atom. The number of ether oxygens (including phenoxy) is 1. The van der Waals surface area contributed by atoms with E-state index in [1.807, 2.05) is 18.2 Å². The predicted octanol–water partition coefficient (Wildman–Crippen LogP) is 4.40. The first-order chi connectivity index (χ1) is 15.1. The van der Waals surface area contributed by atoms with Gasteiger partial charge < -0.3 is 10.1 Å². The van der Waals surface area contributed by atoms with Crippen LogP contribution in [0.25, 0.3) is 5.69 Å². The Hall–Kier alpha value is -3.42. The number of hydrogen-bond donors (Lipinski definition) is 1. The van der Waals surface area contributed by atoms with Crippen LogP contribution in [0.3, 0.4) is 0 Å². The molecular formula is C23H24FN5O2. The van der Waals surface area contributed by atoms with Crippen molar-refractivity contribution in [3.63, 3.8) is 0 Å². The second-order valence-corrected chi connectivity index (χ2v) is 8.27. The molecule has 1 saturated heterocycles. The molecule has 1 N–H and O–H groups in total. The van der Waals surface area contributed by atoms with E-state index >= 15 is 0 Å². The number of rotatable bonds is 5. The zero-order valence-electron chi connectivity index (χ0n) is 17.1. The molecule has 3 aromatic rings. The van der Waals surface area contributed by atoms with Gasteiger partial charge in [0.2, 0.25) is 0 Å². The smallest absolute Gasteiger partial charge is 0.415 e. The van der Waals surface area contributed by atoms with Gasteiger partial charge in [0.15, 0.2) is 0 Å². The molecule has 7 nitrogen and oxygen atoms in total. The number of carbonyl (C=O) groups is 1. The van der Waals surface area contributed by atoms with E-state index in [2.05, 4.69) is 15.4 Å². The van der Waals surface area contributed by atoms with E-state index in [9.17, 15) is 9.18 Å². The average Bonchev–Trinajstić information content (AvgIpc) is 3.39. The van der Waals surface area contributed by atoms with E-state index in [1.165, 1.54) is 6.07 Å². The summed E-state index contributed by atoms with van der Waals surface area (Å²) in [5.41, 5.74) is 0.797. The van der Waals surface area contributed by atoms with Gasteiger partial charge >= 0.3 is 6.09 Å². The van der Waals surface area contributed by atoms with E-state index in [4.69, 9.17) is 4.74 Å². The molecule has 2 fully saturated rings. The van der Waals surface area contributed by atoms with Gasteiger partial charge in [0.25, 0.3) is 0 Å². The molecule has 1 amide bonds. The molecule has 1 spiro atoms. The summed E-state index contributed by atoms with van der Waals surface area (Å²) in [5, 5.41) is 7.80. The molecule has 3 heterocycles. The van der Waals surface area contributed by atoms with Crippen molar-refractivity contribution in [2.45, 2.75) is 31.3 Å². The summed E-state index contributed by atoms with van der Waals surface area (Å²) in [4.78, 5) is 18.2. The molecular weight excluding hydrogens is 397 g/mol. The molecule has 8 heteroatoms. The third-order valence-corrected chi connectivity index (χ3v) is 6.20. The van der Waals surface area contributed by atoms with Crippen LogP contribution in [0.15, 0.2) is 61.1 Å². The molecule has 0 unspecified atom stereocenters. The van der Waals surface area contributed by atoms with Crippen LogP contribution >= 0.6 is 0 Å². The Morgan fingerprint density at radius 2 is 2.00 bits per heavy atom. The van der Waals surface area contributed by atoms with Crippen LogP contribution in [-0.2, 0) is 4.74 Å². The van der Waals surface area contributed by atoms with Crippen molar-refractivity contribution in [3.8, 4) is 5.69 Å². The highest BCUT2D eigenvalue weighted by Gasteiger charge is 2.47. The van der Waals surface area contributed by atoms with E-state index < -0.39 is 5.60 Å². The maximum atomic E-state index is 13.9. The Balaban J connectivity index is 1.15. The lowest BCUT2D eigenvalue weighted by atomic mass is 9.78. The maximum Gasteiger partial charge on any atom is 0.415 e. The molecule has 0 radical (unpaired) electrons. The van der Waals surface area contributed by atoms with Gasteiger partial charge in [-0.25, -0.2) is 13.9 Å². The quantitative estimate of drug-likeness (QED) is 0.661. The largest absolute Gasteiger partial charge is 0.441 e. The molecule has 1 aromatic carbocycles. The highest BCUT2D eigenvalue weighted by atomic mass is 19.1. The van der Waals surface area contributed by atoms with Gasteiger partial charge in [-0.3, -0.25) is 9.88 Å². The van der Waals surface area contributed by atoms with E-state index in [-0.39, 0.29) is 11.9 Å². The van der Waals surface area contributed by atoms with Crippen molar-refractivity contribution in [1.29, 1.82) is 0 Å². The highest BCUT2D eigenvalue weighted by molar-refractivity contribution is 5.90. The topological polar surface area (TPSA) is 72.3 Å². The number of hydrogen-bond acceptors (Lipinski definition) is 5. The number of pyridine rings is 1. The van der Waals surface area contributed by atoms with Crippen molar-refractivity contribution in [1.82, 2.24) is 14.8 Å². The Labute approximate surface area is 179 Å². The first kappa shape index (κ1) is 19.5. The van der Waals surface area contributed by atoms with Gasteiger partial charge in [0.1, 0.15) is 22.9 Å². The van der Waals surface area contributed by atoms with E-state index in [0.717, 1.165) is 43.7 Å². The molecule has 2 aliphatic rings. The van der Waals surface area contributed by atoms with Crippen molar-refractivity contribution < 1.29 is 13.9 Å². The number of para-hydroxylation sites is 1. The number of aromatic nitrogens is 3. The summed E-state index contributed by atoms with van der Waals surface area (Å²) in [6, 6.07) is 12.1. The molecule has 1 aliphatic heterocycles. The molecule has 160 valence electrons. The molecule has 5 rings (SSSR count). The second-order valence-electron chi connectivity index (χ2n) is 8.27. The Kier molecular flexibility index (Phi) is 5.05. The molecule has 31 heavy (non-hydrogen) atoms. The number of halogens is 1. The summed E-state index contributed by atoms with van der Waals surface area (Å²) < 4.78 is 21.3. The van der Waals surface area contributed by atoms with Gasteiger partial charge in [-0.1, -0.05) is 12.1 Å². The van der Waals surface area contributed by atoms with Crippen LogP contribution in [-0.4, -0.2) is 39.5 Å². The Morgan fingerprint density at radius 1 is 1.16 bits per heavy atom. The zero-order chi connectivity index (χ0) is 21.3. The summed E-state index contributed by atoms with van der Waals surface area (Å²) in [7, 11) is 0. The number of nitrogens with one attached hydrogen (secondary N) is 1. The summed E-state index contributed by atoms with van der Waals surface area (Å²) in [6.45, 7) is 1.36. The third-order valence-electron chi connectivity index (χ3n) is 6.20. The van der Waals surface area contributed by atoms with Crippen LogP contribution in [0, 0.1) is 11.7 Å². The van der Waals surface area contributed by atoms with Gasteiger partial charge in [-0.05, 0) is 55.9 Å². The van der Waals surface area contributed by atoms with Crippen LogP contribution in [0.5, 0.6) is 0 Å². The highest BCUT2D eigenvalue weighted by Crippen LogP contribution is 2.40. The van der Waals surface area contributed by atoms with Crippen LogP contribution in [0.1, 0.15) is 25.7 Å². The minimum atomic E-state index is -0.407. The molecule has 1 aliphatic carbocycles. The predicted molar refractivity (Wildman–Crippen MR) is 115 cm³/mol. The monoisotopic (exact) mass is 421 g/mol. The standard InChI is InChI=1S/C23H24FN5O2/c24-19-5-1-2-6-20(19)29-13-9-21(27-29)26-14-17-7-10-23(11-8-17)16-28(22(30)31-23)18-4-3-12-25-15-18/h1-6,9,12-13,15,17H,7-8,10-11,14,16H2,(H,26,27)/t17-,23-. The van der Waals surface area contributed by atoms with Crippen LogP contribution in [0.2, 0.25) is 0 Å². The number of carbonyl (C=O) groups excluding carboxylic acids is 1. The van der Waals surface area contributed by atoms with Gasteiger partial charge in [-0.2, -0.15) is 5.10 Å². The third kappa shape index (κ3) is 3.97. The minimum Gasteiger partial charge on any atom is -0.441 e. The fraction of sp³-hybridized carbons (Fsp3) is 0.348. The summed E-state index contributed by atoms with van der Waals surface area (Å²) in [6.07, 6.45) is 8.46. The SMILES string of the molecule is O=C1O[C@]2(CC[C@H](CNc3ccn(-c4ccccc4F)n3)CC2)CN1c1cccnc1. The lowest BCUT2D eigenvalue weighted by Crippen LogP contribution is -2.39. The van der Waals surface area contributed by atoms with Crippen molar-refractivity contribution in [2.75, 3.05) is 23.3 Å². The van der Waals surface area contributed by atoms with E-state index in [0.29, 0.717) is 18.2 Å². The van der Waals surface area contributed by atoms with E-state index in [1.54, 1.807) is 46.4 Å². The van der Waals surface area contributed by atoms with Gasteiger partial charge in [-0.15, -0.1) is 0 Å². The van der Waals surface area contributed by atoms with Gasteiger partial charge in [0, 0.05) is 25.0 Å². The first-order valence-corrected chi connectivity index (χ1v) is 10.6. The fourth-order valence-electron chi connectivity index (χ4n) is 4.44. The Bertz CT molecular complexity index is 1060. The number of benzene rings is 1. The lowest BCUT2D eigenvalue weighted by molar-refractivity contribution is 0.0148. The van der Waals surface area contributed by atoms with Gasteiger partial charge in [0.05, 0.1) is 18.4 Å². The molecule has 0 bridgehead atoms. The molecule has 1 saturated carbocycles. The zero-order valence-corrected chi connectivity index (χ0v) is 17.1. The number of nitrogens with zero attached hydrogens (tertiary/aromatic N) is 4. The summed E-state index contributed by atoms with van der Waals surface area (Å²) in [5.74, 6) is 0.884. The number of amides is 1. The summed E-state index contributed by atoms with van der Waals surface area (Å²) >= 11 is 0. The van der Waals surface area contributed by atoms with Crippen molar-refractivity contribution in [3.05, 3.63) is 66.9 Å². The van der Waals surface area contributed by atoms with Crippen molar-refractivity contribution >= 4 is 17.6 Å². The fourth-order valence-corrected chi connectivity index (χ4v) is 4.44. The molecule has 2 aromatic heterocycles. The molecule has 0 atom stereocenters. The average molecular weight is 421 g/mol. The lowest BCUT2D eigenvalue weighted by Gasteiger charge is -2.35.